The summed E-state index contributed by atoms with van der Waals surface area (Å²) in [5.74, 6) is -0.453. The number of carbonyl (C=O) groups excluding carboxylic acids is 3. The van der Waals surface area contributed by atoms with Crippen LogP contribution < -0.4 is 10.6 Å². The number of thiazole rings is 1. The number of nitrogens with zero attached hydrogens (tertiary/aromatic N) is 2. The van der Waals surface area contributed by atoms with Crippen molar-refractivity contribution in [1.29, 1.82) is 0 Å². The predicted molar refractivity (Wildman–Crippen MR) is 121 cm³/mol. The molecule has 2 heterocycles. The molecule has 1 aromatic heterocycles. The average Bonchev–Trinajstić information content (AvgIpc) is 3.47. The van der Waals surface area contributed by atoms with Gasteiger partial charge in [0.1, 0.15) is 5.54 Å². The standard InChI is InChI=1S/C23H28N4O3S/c1-2-3-6-16-7-9-17(10-8-16)18-15-31-21(24-18)25-19(28)11-14-27-20(29)23(26-22(27)30)12-4-5-13-23/h7-10,15H,2-6,11-14H2,1H3,(H,26,30)(H,24,25,28). The largest absolute Gasteiger partial charge is 0.325 e. The first-order chi connectivity index (χ1) is 15.0. The zero-order valence-corrected chi connectivity index (χ0v) is 18.6. The fraction of sp³-hybridized carbons (Fsp3) is 0.478. The lowest BCUT2D eigenvalue weighted by molar-refractivity contribution is -0.131. The molecular weight excluding hydrogens is 412 g/mol. The number of hydrogen-bond donors (Lipinski definition) is 2. The van der Waals surface area contributed by atoms with Crippen molar-refractivity contribution in [2.45, 2.75) is 63.8 Å². The van der Waals surface area contributed by atoms with Crippen molar-refractivity contribution < 1.29 is 14.4 Å². The molecule has 1 saturated heterocycles. The molecule has 164 valence electrons. The van der Waals surface area contributed by atoms with Crippen LogP contribution in [0.15, 0.2) is 29.6 Å². The highest BCUT2D eigenvalue weighted by Crippen LogP contribution is 2.35. The minimum Gasteiger partial charge on any atom is -0.323 e. The van der Waals surface area contributed by atoms with Crippen LogP contribution in [0.3, 0.4) is 0 Å². The quantitative estimate of drug-likeness (QED) is 0.597. The number of urea groups is 1. The molecule has 0 unspecified atom stereocenters. The summed E-state index contributed by atoms with van der Waals surface area (Å²) in [5, 5.41) is 8.05. The maximum Gasteiger partial charge on any atom is 0.325 e. The van der Waals surface area contributed by atoms with E-state index in [0.29, 0.717) is 18.0 Å². The molecule has 1 spiro atoms. The third kappa shape index (κ3) is 4.63. The van der Waals surface area contributed by atoms with Crippen molar-refractivity contribution in [2.24, 2.45) is 0 Å². The van der Waals surface area contributed by atoms with Crippen LogP contribution in [0.2, 0.25) is 0 Å². The summed E-state index contributed by atoms with van der Waals surface area (Å²) in [6.45, 7) is 2.26. The minimum atomic E-state index is -0.732. The first kappa shape index (κ1) is 21.5. The Hall–Kier alpha value is -2.74. The Morgan fingerprint density at radius 1 is 1.23 bits per heavy atom. The summed E-state index contributed by atoms with van der Waals surface area (Å²) in [5.41, 5.74) is 2.41. The van der Waals surface area contributed by atoms with Crippen LogP contribution in [0, 0.1) is 0 Å². The Labute approximate surface area is 186 Å². The Balaban J connectivity index is 1.30. The second-order valence-corrected chi connectivity index (χ2v) is 9.17. The molecule has 4 rings (SSSR count). The van der Waals surface area contributed by atoms with Crippen LogP contribution in [-0.2, 0) is 16.0 Å². The number of aromatic nitrogens is 1. The van der Waals surface area contributed by atoms with E-state index in [2.05, 4.69) is 46.8 Å². The molecule has 2 aromatic rings. The van der Waals surface area contributed by atoms with Crippen LogP contribution in [-0.4, -0.2) is 39.8 Å². The number of benzene rings is 1. The molecule has 2 N–H and O–H groups in total. The number of anilines is 1. The second-order valence-electron chi connectivity index (χ2n) is 8.31. The maximum atomic E-state index is 12.7. The van der Waals surface area contributed by atoms with Crippen molar-refractivity contribution >= 4 is 34.3 Å². The van der Waals surface area contributed by atoms with Crippen LogP contribution in [0.1, 0.15) is 57.4 Å². The molecular formula is C23H28N4O3S. The van der Waals surface area contributed by atoms with Gasteiger partial charge in [0.05, 0.1) is 5.69 Å². The zero-order valence-electron chi connectivity index (χ0n) is 17.8. The molecule has 2 fully saturated rings. The highest BCUT2D eigenvalue weighted by molar-refractivity contribution is 7.14. The van der Waals surface area contributed by atoms with Gasteiger partial charge >= 0.3 is 6.03 Å². The normalized spacial score (nSPS) is 17.4. The molecule has 1 aromatic carbocycles. The Morgan fingerprint density at radius 2 is 1.97 bits per heavy atom. The molecule has 0 bridgehead atoms. The lowest BCUT2D eigenvalue weighted by Crippen LogP contribution is -2.44. The maximum absolute atomic E-state index is 12.7. The third-order valence-corrected chi connectivity index (χ3v) is 6.84. The van der Waals surface area contributed by atoms with Gasteiger partial charge in [-0.2, -0.15) is 0 Å². The minimum absolute atomic E-state index is 0.0519. The first-order valence-electron chi connectivity index (χ1n) is 11.0. The summed E-state index contributed by atoms with van der Waals surface area (Å²) in [7, 11) is 0. The van der Waals surface area contributed by atoms with Gasteiger partial charge in [0.15, 0.2) is 5.13 Å². The average molecular weight is 441 g/mol. The van der Waals surface area contributed by atoms with Gasteiger partial charge in [0.25, 0.3) is 5.91 Å². The van der Waals surface area contributed by atoms with E-state index in [1.54, 1.807) is 0 Å². The van der Waals surface area contributed by atoms with E-state index in [9.17, 15) is 14.4 Å². The molecule has 31 heavy (non-hydrogen) atoms. The van der Waals surface area contributed by atoms with E-state index >= 15 is 0 Å². The first-order valence-corrected chi connectivity index (χ1v) is 11.9. The van der Waals surface area contributed by atoms with Gasteiger partial charge < -0.3 is 10.6 Å². The number of unbranched alkanes of at least 4 members (excludes halogenated alkanes) is 1. The van der Waals surface area contributed by atoms with Gasteiger partial charge in [-0.05, 0) is 31.2 Å². The Morgan fingerprint density at radius 3 is 2.68 bits per heavy atom. The summed E-state index contributed by atoms with van der Waals surface area (Å²) < 4.78 is 0. The topological polar surface area (TPSA) is 91.4 Å². The number of amides is 4. The Bertz CT molecular complexity index is 963. The van der Waals surface area contributed by atoms with Crippen LogP contribution in [0.4, 0.5) is 9.93 Å². The highest BCUT2D eigenvalue weighted by atomic mass is 32.1. The molecule has 1 aliphatic carbocycles. The highest BCUT2D eigenvalue weighted by Gasteiger charge is 2.52. The fourth-order valence-electron chi connectivity index (χ4n) is 4.28. The van der Waals surface area contributed by atoms with E-state index in [0.717, 1.165) is 30.5 Å². The molecule has 8 heteroatoms. The Kier molecular flexibility index (Phi) is 6.36. The van der Waals surface area contributed by atoms with Gasteiger partial charge in [-0.15, -0.1) is 11.3 Å². The molecule has 2 aliphatic rings. The van der Waals surface area contributed by atoms with Crippen molar-refractivity contribution in [3.05, 3.63) is 35.2 Å². The molecule has 7 nitrogen and oxygen atoms in total. The number of aryl methyl sites for hydroxylation is 1. The lowest BCUT2D eigenvalue weighted by atomic mass is 9.98. The van der Waals surface area contributed by atoms with Crippen molar-refractivity contribution in [3.63, 3.8) is 0 Å². The fourth-order valence-corrected chi connectivity index (χ4v) is 5.01. The van der Waals surface area contributed by atoms with E-state index in [1.165, 1.54) is 34.6 Å². The monoisotopic (exact) mass is 440 g/mol. The van der Waals surface area contributed by atoms with Gasteiger partial charge in [-0.1, -0.05) is 50.5 Å². The molecule has 0 radical (unpaired) electrons. The number of carbonyl (C=O) groups is 3. The molecule has 0 atom stereocenters. The van der Waals surface area contributed by atoms with Crippen molar-refractivity contribution in [1.82, 2.24) is 15.2 Å². The molecule has 1 aliphatic heterocycles. The van der Waals surface area contributed by atoms with Gasteiger partial charge in [0, 0.05) is 23.9 Å². The van der Waals surface area contributed by atoms with Gasteiger partial charge in [-0.3, -0.25) is 14.5 Å². The van der Waals surface area contributed by atoms with E-state index in [1.807, 2.05) is 5.38 Å². The summed E-state index contributed by atoms with van der Waals surface area (Å²) in [6.07, 6.45) is 6.72. The SMILES string of the molecule is CCCCc1ccc(-c2csc(NC(=O)CCN3C(=O)NC4(CCCC4)C3=O)n2)cc1. The van der Waals surface area contributed by atoms with Crippen molar-refractivity contribution in [2.75, 3.05) is 11.9 Å². The van der Waals surface area contributed by atoms with E-state index < -0.39 is 11.6 Å². The zero-order chi connectivity index (χ0) is 21.8. The number of imide groups is 1. The van der Waals surface area contributed by atoms with Crippen LogP contribution >= 0.6 is 11.3 Å². The van der Waals surface area contributed by atoms with Crippen molar-refractivity contribution in [3.8, 4) is 11.3 Å². The van der Waals surface area contributed by atoms with Gasteiger partial charge in [0.2, 0.25) is 5.91 Å². The second kappa shape index (κ2) is 9.18. The predicted octanol–water partition coefficient (Wildman–Crippen LogP) is 4.35. The summed E-state index contributed by atoms with van der Waals surface area (Å²) >= 11 is 1.36. The van der Waals surface area contributed by atoms with Crippen LogP contribution in [0.5, 0.6) is 0 Å². The molecule has 4 amide bonds. The molecule has 1 saturated carbocycles. The number of nitrogens with one attached hydrogen (secondary N) is 2. The smallest absolute Gasteiger partial charge is 0.323 e. The summed E-state index contributed by atoms with van der Waals surface area (Å²) in [4.78, 5) is 42.9. The number of rotatable bonds is 8. The van der Waals surface area contributed by atoms with E-state index in [-0.39, 0.29) is 24.8 Å². The lowest BCUT2D eigenvalue weighted by Gasteiger charge is -2.19. The summed E-state index contributed by atoms with van der Waals surface area (Å²) in [6, 6.07) is 7.97. The van der Waals surface area contributed by atoms with E-state index in [4.69, 9.17) is 0 Å². The third-order valence-electron chi connectivity index (χ3n) is 6.08. The van der Waals surface area contributed by atoms with Crippen LogP contribution in [0.25, 0.3) is 11.3 Å². The number of hydrogen-bond acceptors (Lipinski definition) is 5. The van der Waals surface area contributed by atoms with Gasteiger partial charge in [-0.25, -0.2) is 9.78 Å².